The van der Waals surface area contributed by atoms with E-state index in [9.17, 15) is 0 Å². The molecule has 8 aromatic rings. The molecular formula is C72H82N2. The first-order valence-corrected chi connectivity index (χ1v) is 29.8. The van der Waals surface area contributed by atoms with Crippen molar-refractivity contribution in [2.45, 2.75) is 192 Å². The number of benzene rings is 8. The van der Waals surface area contributed by atoms with E-state index in [1.165, 1.54) is 228 Å². The molecule has 0 atom stereocenters. The van der Waals surface area contributed by atoms with E-state index in [0.29, 0.717) is 35.5 Å². The molecule has 4 saturated carbocycles. The summed E-state index contributed by atoms with van der Waals surface area (Å²) in [5.41, 5.74) is 16.2. The summed E-state index contributed by atoms with van der Waals surface area (Å²) < 4.78 is 0. The molecule has 0 radical (unpaired) electrons. The number of nitrogens with zero attached hydrogens (tertiary/aromatic N) is 2. The third-order valence-corrected chi connectivity index (χ3v) is 18.8. The Hall–Kier alpha value is -5.86. The minimum Gasteiger partial charge on any atom is -0.310 e. The van der Waals surface area contributed by atoms with Gasteiger partial charge in [0.25, 0.3) is 0 Å². The SMILES string of the molecule is CC(C)c1ccc2c(c1)c(N(c1ccc(C3CCCCC3)cc1)c1ccc(C3CCCCC3)cc1)cc1c3ccc(C(C)C)cc3c(N(c3ccc(C4CCCCC4)cc3)c3ccc(C4CCCCC4)cc3)cc21. The minimum atomic E-state index is 0.395. The molecular weight excluding hydrogens is 893 g/mol. The van der Waals surface area contributed by atoms with Crippen LogP contribution in [0.25, 0.3) is 32.3 Å². The standard InChI is InChI=1S/C72H82N2/c1-49(2)59-33-43-65-67-48-72(74(63-39-29-57(30-40-63)53-21-13-7-14-22-53)64-41-31-58(32-42-64)54-23-15-8-16-24-54)70-46-60(50(3)4)34-44-66(70)68(67)47-71(69(65)45-59)73(61-35-25-55(26-36-61)51-17-9-5-10-18-51)62-37-27-56(28-38-62)52-19-11-6-12-20-52/h25-54H,5-24H2,1-4H3. The smallest absolute Gasteiger partial charge is 0.0546 e. The van der Waals surface area contributed by atoms with Crippen LogP contribution < -0.4 is 9.80 Å². The number of fused-ring (bicyclic) bond motifs is 5. The highest BCUT2D eigenvalue weighted by Crippen LogP contribution is 2.50. The second-order valence-corrected chi connectivity index (χ2v) is 24.2. The molecule has 0 unspecified atom stereocenters. The molecule has 2 nitrogen and oxygen atoms in total. The summed E-state index contributed by atoms with van der Waals surface area (Å²) in [6, 6.07) is 59.2. The second kappa shape index (κ2) is 21.8. The first kappa shape index (κ1) is 49.0. The van der Waals surface area contributed by atoms with Crippen LogP contribution in [0, 0.1) is 0 Å². The Labute approximate surface area is 444 Å². The van der Waals surface area contributed by atoms with Gasteiger partial charge in [0.05, 0.1) is 11.4 Å². The highest BCUT2D eigenvalue weighted by Gasteiger charge is 2.26. The zero-order valence-corrected chi connectivity index (χ0v) is 45.4. The Balaban J connectivity index is 1.08. The zero-order chi connectivity index (χ0) is 50.1. The Morgan fingerprint density at radius 1 is 0.270 bits per heavy atom. The molecule has 0 aliphatic heterocycles. The fraction of sp³-hybridized carbons (Fsp3) is 0.417. The van der Waals surface area contributed by atoms with Gasteiger partial charge in [-0.1, -0.05) is 178 Å². The molecule has 4 aliphatic rings. The van der Waals surface area contributed by atoms with Crippen LogP contribution in [-0.2, 0) is 0 Å². The molecule has 12 rings (SSSR count). The first-order chi connectivity index (χ1) is 36.3. The van der Waals surface area contributed by atoms with E-state index in [0.717, 1.165) is 0 Å². The van der Waals surface area contributed by atoms with Crippen molar-refractivity contribution in [3.63, 3.8) is 0 Å². The molecule has 8 aromatic carbocycles. The molecule has 2 heteroatoms. The van der Waals surface area contributed by atoms with Gasteiger partial charge < -0.3 is 9.80 Å². The summed E-state index contributed by atoms with van der Waals surface area (Å²) in [5.74, 6) is 3.44. The lowest BCUT2D eigenvalue weighted by atomic mass is 9.84. The van der Waals surface area contributed by atoms with Gasteiger partial charge in [-0.25, -0.2) is 0 Å². The normalized spacial score (nSPS) is 17.8. The highest BCUT2D eigenvalue weighted by molar-refractivity contribution is 6.24. The van der Waals surface area contributed by atoms with E-state index >= 15 is 0 Å². The number of rotatable bonds is 12. The van der Waals surface area contributed by atoms with E-state index in [1.54, 1.807) is 0 Å². The molecule has 0 heterocycles. The third-order valence-electron chi connectivity index (χ3n) is 18.8. The predicted octanol–water partition coefficient (Wildman–Crippen LogP) is 22.5. The van der Waals surface area contributed by atoms with Gasteiger partial charge in [0, 0.05) is 33.5 Å². The van der Waals surface area contributed by atoms with Gasteiger partial charge in [-0.15, -0.1) is 0 Å². The van der Waals surface area contributed by atoms with E-state index in [4.69, 9.17) is 0 Å². The largest absolute Gasteiger partial charge is 0.310 e. The summed E-state index contributed by atoms with van der Waals surface area (Å²) in [7, 11) is 0. The molecule has 74 heavy (non-hydrogen) atoms. The fourth-order valence-electron chi connectivity index (χ4n) is 14.3. The van der Waals surface area contributed by atoms with Gasteiger partial charge in [0.2, 0.25) is 0 Å². The summed E-state index contributed by atoms with van der Waals surface area (Å²) in [5, 5.41) is 7.84. The monoisotopic (exact) mass is 975 g/mol. The van der Waals surface area contributed by atoms with Gasteiger partial charge in [-0.2, -0.15) is 0 Å². The van der Waals surface area contributed by atoms with E-state index in [2.05, 4.69) is 183 Å². The average Bonchev–Trinajstić information content (AvgIpc) is 3.47. The minimum absolute atomic E-state index is 0.395. The van der Waals surface area contributed by atoms with Crippen LogP contribution in [0.5, 0.6) is 0 Å². The molecule has 0 saturated heterocycles. The van der Waals surface area contributed by atoms with E-state index in [1.807, 2.05) is 0 Å². The lowest BCUT2D eigenvalue weighted by Crippen LogP contribution is -2.13. The molecule has 4 aliphatic carbocycles. The zero-order valence-electron chi connectivity index (χ0n) is 45.4. The van der Waals surface area contributed by atoms with Crippen molar-refractivity contribution in [3.8, 4) is 0 Å². The quantitative estimate of drug-likeness (QED) is 0.113. The summed E-state index contributed by atoms with van der Waals surface area (Å²) in [4.78, 5) is 5.22. The van der Waals surface area contributed by atoms with Crippen LogP contribution in [-0.4, -0.2) is 0 Å². The molecule has 4 fully saturated rings. The van der Waals surface area contributed by atoms with Crippen molar-refractivity contribution in [3.05, 3.63) is 179 Å². The second-order valence-electron chi connectivity index (χ2n) is 24.2. The van der Waals surface area contributed by atoms with Crippen molar-refractivity contribution >= 4 is 66.4 Å². The molecule has 0 bridgehead atoms. The predicted molar refractivity (Wildman–Crippen MR) is 320 cm³/mol. The average molecular weight is 975 g/mol. The lowest BCUT2D eigenvalue weighted by molar-refractivity contribution is 0.443. The maximum atomic E-state index is 2.61. The van der Waals surface area contributed by atoms with Crippen LogP contribution in [0.2, 0.25) is 0 Å². The van der Waals surface area contributed by atoms with Crippen molar-refractivity contribution in [1.82, 2.24) is 0 Å². The maximum Gasteiger partial charge on any atom is 0.0546 e. The van der Waals surface area contributed by atoms with Crippen molar-refractivity contribution < 1.29 is 0 Å². The summed E-state index contributed by atoms with van der Waals surface area (Å²) in [6.45, 7) is 9.40. The van der Waals surface area contributed by atoms with E-state index < -0.39 is 0 Å². The number of hydrogen-bond acceptors (Lipinski definition) is 2. The summed E-state index contributed by atoms with van der Waals surface area (Å²) in [6.07, 6.45) is 26.7. The molecule has 380 valence electrons. The van der Waals surface area contributed by atoms with Gasteiger partial charge in [0.15, 0.2) is 0 Å². The highest BCUT2D eigenvalue weighted by atomic mass is 15.2. The van der Waals surface area contributed by atoms with Crippen LogP contribution in [0.15, 0.2) is 146 Å². The van der Waals surface area contributed by atoms with Crippen LogP contribution in [0.3, 0.4) is 0 Å². The maximum absolute atomic E-state index is 2.61. The molecule has 0 amide bonds. The van der Waals surface area contributed by atoms with Crippen molar-refractivity contribution in [2.75, 3.05) is 9.80 Å². The van der Waals surface area contributed by atoms with Crippen LogP contribution in [0.1, 0.15) is 225 Å². The van der Waals surface area contributed by atoms with Crippen molar-refractivity contribution in [2.24, 2.45) is 0 Å². The van der Waals surface area contributed by atoms with E-state index in [-0.39, 0.29) is 0 Å². The Morgan fingerprint density at radius 2 is 0.527 bits per heavy atom. The third kappa shape index (κ3) is 9.93. The fourth-order valence-corrected chi connectivity index (χ4v) is 14.3. The Kier molecular flexibility index (Phi) is 14.4. The van der Waals surface area contributed by atoms with Gasteiger partial charge in [0.1, 0.15) is 0 Å². The lowest BCUT2D eigenvalue weighted by Gasteiger charge is -2.31. The summed E-state index contributed by atoms with van der Waals surface area (Å²) >= 11 is 0. The Bertz CT molecular complexity index is 2830. The first-order valence-electron chi connectivity index (χ1n) is 29.8. The van der Waals surface area contributed by atoms with Gasteiger partial charge in [-0.05, 0) is 215 Å². The van der Waals surface area contributed by atoms with Gasteiger partial charge >= 0.3 is 0 Å². The van der Waals surface area contributed by atoms with Crippen LogP contribution in [0.4, 0.5) is 34.1 Å². The number of hydrogen-bond donors (Lipinski definition) is 0. The topological polar surface area (TPSA) is 6.48 Å². The molecule has 0 N–H and O–H groups in total. The Morgan fingerprint density at radius 3 is 0.770 bits per heavy atom. The molecule has 0 aromatic heterocycles. The number of anilines is 6. The van der Waals surface area contributed by atoms with Crippen LogP contribution >= 0.6 is 0 Å². The van der Waals surface area contributed by atoms with Gasteiger partial charge in [-0.3, -0.25) is 0 Å². The molecule has 0 spiro atoms. The van der Waals surface area contributed by atoms with Crippen molar-refractivity contribution in [1.29, 1.82) is 0 Å².